The predicted octanol–water partition coefficient (Wildman–Crippen LogP) is 1.42. The van der Waals surface area contributed by atoms with Crippen molar-refractivity contribution in [2.75, 3.05) is 6.54 Å². The largest absolute Gasteiger partial charge is 0.307 e. The molecule has 0 fully saturated rings. The second-order valence-corrected chi connectivity index (χ2v) is 2.90. The molecule has 0 aliphatic rings. The van der Waals surface area contributed by atoms with Crippen LogP contribution < -0.4 is 5.32 Å². The lowest BCUT2D eigenvalue weighted by Gasteiger charge is -2.12. The first kappa shape index (κ1) is 9.92. The Morgan fingerprint density at radius 3 is 3.15 bits per heavy atom. The molecule has 0 radical (unpaired) electrons. The molecule has 0 bridgehead atoms. The summed E-state index contributed by atoms with van der Waals surface area (Å²) < 4.78 is 0. The summed E-state index contributed by atoms with van der Waals surface area (Å²) in [5, 5.41) is 10.1. The van der Waals surface area contributed by atoms with Crippen molar-refractivity contribution in [1.82, 2.24) is 20.5 Å². The minimum absolute atomic E-state index is 0.222. The van der Waals surface area contributed by atoms with Crippen molar-refractivity contribution in [1.29, 1.82) is 0 Å². The van der Waals surface area contributed by atoms with E-state index in [4.69, 9.17) is 0 Å². The molecule has 2 N–H and O–H groups in total. The Morgan fingerprint density at radius 1 is 1.77 bits per heavy atom. The number of H-pyrrole nitrogens is 1. The second kappa shape index (κ2) is 5.48. The van der Waals surface area contributed by atoms with Crippen molar-refractivity contribution < 1.29 is 0 Å². The molecule has 1 atom stereocenters. The maximum absolute atomic E-state index is 4.11. The van der Waals surface area contributed by atoms with Crippen LogP contribution in [0.2, 0.25) is 0 Å². The Labute approximate surface area is 78.5 Å². The van der Waals surface area contributed by atoms with Crippen molar-refractivity contribution in [2.24, 2.45) is 0 Å². The summed E-state index contributed by atoms with van der Waals surface area (Å²) in [5.74, 6) is 0.883. The van der Waals surface area contributed by atoms with Gasteiger partial charge in [0.05, 0.1) is 6.04 Å². The van der Waals surface area contributed by atoms with Gasteiger partial charge in [0.1, 0.15) is 12.2 Å². The highest BCUT2D eigenvalue weighted by molar-refractivity contribution is 4.94. The van der Waals surface area contributed by atoms with Gasteiger partial charge in [-0.3, -0.25) is 5.10 Å². The molecule has 0 aliphatic heterocycles. The molecule has 0 aromatic carbocycles. The van der Waals surface area contributed by atoms with E-state index in [2.05, 4.69) is 34.0 Å². The van der Waals surface area contributed by atoms with Crippen LogP contribution in [0.15, 0.2) is 19.0 Å². The number of nitrogens with zero attached hydrogens (tertiary/aromatic N) is 2. The molecule has 72 valence electrons. The van der Waals surface area contributed by atoms with Gasteiger partial charge in [-0.1, -0.05) is 13.0 Å². The molecule has 0 spiro atoms. The van der Waals surface area contributed by atoms with Gasteiger partial charge >= 0.3 is 0 Å². The number of aromatic amines is 1. The molecule has 0 aliphatic carbocycles. The Balaban J connectivity index is 2.51. The number of rotatable bonds is 6. The average molecular weight is 180 g/mol. The number of aromatic nitrogens is 3. The summed E-state index contributed by atoms with van der Waals surface area (Å²) in [4.78, 5) is 4.11. The van der Waals surface area contributed by atoms with Crippen LogP contribution in [-0.4, -0.2) is 21.7 Å². The van der Waals surface area contributed by atoms with Crippen LogP contribution in [0.25, 0.3) is 0 Å². The molecule has 13 heavy (non-hydrogen) atoms. The van der Waals surface area contributed by atoms with Gasteiger partial charge in [-0.15, -0.1) is 6.58 Å². The van der Waals surface area contributed by atoms with Crippen LogP contribution in [0, 0.1) is 0 Å². The first-order valence-corrected chi connectivity index (χ1v) is 4.58. The Hall–Kier alpha value is -1.16. The molecule has 4 nitrogen and oxygen atoms in total. The number of hydrogen-bond donors (Lipinski definition) is 2. The monoisotopic (exact) mass is 180 g/mol. The van der Waals surface area contributed by atoms with Gasteiger partial charge in [0.2, 0.25) is 0 Å². The van der Waals surface area contributed by atoms with E-state index < -0.39 is 0 Å². The lowest BCUT2D eigenvalue weighted by Crippen LogP contribution is -2.22. The minimum Gasteiger partial charge on any atom is -0.307 e. The Kier molecular flexibility index (Phi) is 4.18. The van der Waals surface area contributed by atoms with E-state index in [0.717, 1.165) is 25.2 Å². The zero-order valence-electron chi connectivity index (χ0n) is 7.95. The summed E-state index contributed by atoms with van der Waals surface area (Å²) >= 11 is 0. The molecule has 1 aromatic rings. The molecule has 0 saturated heterocycles. The van der Waals surface area contributed by atoms with E-state index >= 15 is 0 Å². The second-order valence-electron chi connectivity index (χ2n) is 2.90. The van der Waals surface area contributed by atoms with Crippen molar-refractivity contribution in [2.45, 2.75) is 25.8 Å². The quantitative estimate of drug-likeness (QED) is 0.651. The summed E-state index contributed by atoms with van der Waals surface area (Å²) in [5.41, 5.74) is 0. The lowest BCUT2D eigenvalue weighted by molar-refractivity contribution is 0.513. The fourth-order valence-electron chi connectivity index (χ4n) is 1.16. The van der Waals surface area contributed by atoms with Crippen LogP contribution >= 0.6 is 0 Å². The van der Waals surface area contributed by atoms with Gasteiger partial charge in [-0.2, -0.15) is 5.10 Å². The van der Waals surface area contributed by atoms with Gasteiger partial charge in [-0.25, -0.2) is 4.98 Å². The van der Waals surface area contributed by atoms with Gasteiger partial charge in [0.15, 0.2) is 0 Å². The minimum atomic E-state index is 0.222. The average Bonchev–Trinajstić information content (AvgIpc) is 2.65. The SMILES string of the molecule is C=CCC(NCCC)c1ncn[nH]1. The van der Waals surface area contributed by atoms with Crippen LogP contribution in [0.1, 0.15) is 31.6 Å². The first-order valence-electron chi connectivity index (χ1n) is 4.58. The molecule has 1 rings (SSSR count). The van der Waals surface area contributed by atoms with Crippen molar-refractivity contribution in [3.63, 3.8) is 0 Å². The Bertz CT molecular complexity index is 230. The van der Waals surface area contributed by atoms with E-state index in [9.17, 15) is 0 Å². The molecule has 4 heteroatoms. The third-order valence-electron chi connectivity index (χ3n) is 1.81. The fourth-order valence-corrected chi connectivity index (χ4v) is 1.16. The molecule has 1 aromatic heterocycles. The zero-order valence-corrected chi connectivity index (χ0v) is 7.95. The predicted molar refractivity (Wildman–Crippen MR) is 52.2 cm³/mol. The van der Waals surface area contributed by atoms with E-state index in [1.54, 1.807) is 0 Å². The van der Waals surface area contributed by atoms with Crippen molar-refractivity contribution in [3.8, 4) is 0 Å². The van der Waals surface area contributed by atoms with Crippen LogP contribution in [0.4, 0.5) is 0 Å². The third-order valence-corrected chi connectivity index (χ3v) is 1.81. The molecular weight excluding hydrogens is 164 g/mol. The molecule has 1 unspecified atom stereocenters. The standard InChI is InChI=1S/C9H16N4/c1-3-5-8(10-6-4-2)9-11-7-12-13-9/h3,7-8,10H,1,4-6H2,2H3,(H,11,12,13). The number of nitrogens with one attached hydrogen (secondary N) is 2. The smallest absolute Gasteiger partial charge is 0.141 e. The van der Waals surface area contributed by atoms with Crippen molar-refractivity contribution in [3.05, 3.63) is 24.8 Å². The highest BCUT2D eigenvalue weighted by Gasteiger charge is 2.10. The molecule has 0 saturated carbocycles. The third kappa shape index (κ3) is 2.99. The lowest BCUT2D eigenvalue weighted by atomic mass is 10.2. The fraction of sp³-hybridized carbons (Fsp3) is 0.556. The molecule has 0 amide bonds. The number of hydrogen-bond acceptors (Lipinski definition) is 3. The van der Waals surface area contributed by atoms with E-state index in [1.807, 2.05) is 6.08 Å². The van der Waals surface area contributed by atoms with E-state index in [-0.39, 0.29) is 6.04 Å². The highest BCUT2D eigenvalue weighted by atomic mass is 15.2. The summed E-state index contributed by atoms with van der Waals surface area (Å²) in [7, 11) is 0. The topological polar surface area (TPSA) is 53.6 Å². The normalized spacial score (nSPS) is 12.7. The first-order chi connectivity index (χ1) is 6.38. The molecule has 1 heterocycles. The van der Waals surface area contributed by atoms with Crippen LogP contribution in [0.3, 0.4) is 0 Å². The van der Waals surface area contributed by atoms with Crippen LogP contribution in [-0.2, 0) is 0 Å². The van der Waals surface area contributed by atoms with Crippen molar-refractivity contribution >= 4 is 0 Å². The maximum atomic E-state index is 4.11. The summed E-state index contributed by atoms with van der Waals surface area (Å²) in [6, 6.07) is 0.222. The van der Waals surface area contributed by atoms with Crippen LogP contribution in [0.5, 0.6) is 0 Å². The summed E-state index contributed by atoms with van der Waals surface area (Å²) in [6.45, 7) is 6.84. The van der Waals surface area contributed by atoms with E-state index in [0.29, 0.717) is 0 Å². The zero-order chi connectivity index (χ0) is 9.52. The maximum Gasteiger partial charge on any atom is 0.141 e. The van der Waals surface area contributed by atoms with Gasteiger partial charge in [-0.05, 0) is 19.4 Å². The van der Waals surface area contributed by atoms with Gasteiger partial charge in [0.25, 0.3) is 0 Å². The van der Waals surface area contributed by atoms with Gasteiger partial charge < -0.3 is 5.32 Å². The van der Waals surface area contributed by atoms with E-state index in [1.165, 1.54) is 6.33 Å². The molecular formula is C9H16N4. The Morgan fingerprint density at radius 2 is 2.62 bits per heavy atom. The summed E-state index contributed by atoms with van der Waals surface area (Å²) in [6.07, 6.45) is 5.39. The van der Waals surface area contributed by atoms with Gasteiger partial charge in [0, 0.05) is 0 Å². The highest BCUT2D eigenvalue weighted by Crippen LogP contribution is 2.10.